The summed E-state index contributed by atoms with van der Waals surface area (Å²) in [5, 5.41) is 47.2. The van der Waals surface area contributed by atoms with Gasteiger partial charge in [-0.25, -0.2) is 9.59 Å². The van der Waals surface area contributed by atoms with E-state index in [1.54, 1.807) is 30.3 Å². The number of ether oxygens (including phenoxy) is 2. The minimum Gasteiger partial charge on any atom is -0.479 e. The molecule has 1 heterocycles. The van der Waals surface area contributed by atoms with E-state index in [9.17, 15) is 30.0 Å². The minimum atomic E-state index is -1.89. The summed E-state index contributed by atoms with van der Waals surface area (Å²) in [5.74, 6) is -3.70. The van der Waals surface area contributed by atoms with Gasteiger partial charge in [0.15, 0.2) is 6.10 Å². The van der Waals surface area contributed by atoms with E-state index < -0.39 is 48.4 Å². The van der Waals surface area contributed by atoms with Crippen molar-refractivity contribution in [2.45, 2.75) is 30.7 Å². The zero-order valence-corrected chi connectivity index (χ0v) is 12.2. The smallest absolute Gasteiger partial charge is 0.371 e. The number of hydrogen-bond acceptors (Lipinski definition) is 7. The molecule has 1 aromatic rings. The van der Waals surface area contributed by atoms with E-state index >= 15 is 0 Å². The van der Waals surface area contributed by atoms with Crippen molar-refractivity contribution in [3.05, 3.63) is 41.7 Å². The summed E-state index contributed by atoms with van der Waals surface area (Å²) >= 11 is 0. The first-order chi connectivity index (χ1) is 11.3. The lowest BCUT2D eigenvalue weighted by Gasteiger charge is -2.38. The van der Waals surface area contributed by atoms with Gasteiger partial charge in [-0.2, -0.15) is 0 Å². The second kappa shape index (κ2) is 7.41. The molecule has 0 aliphatic carbocycles. The van der Waals surface area contributed by atoms with E-state index in [0.717, 1.165) is 6.08 Å². The van der Waals surface area contributed by atoms with Crippen LogP contribution in [0.5, 0.6) is 0 Å². The maximum absolute atomic E-state index is 11.3. The Hall–Kier alpha value is -2.46. The van der Waals surface area contributed by atoms with Gasteiger partial charge in [-0.15, -0.1) is 0 Å². The summed E-state index contributed by atoms with van der Waals surface area (Å²) in [5.41, 5.74) is 0.482. The van der Waals surface area contributed by atoms with Crippen molar-refractivity contribution in [1.82, 2.24) is 0 Å². The van der Waals surface area contributed by atoms with Crippen molar-refractivity contribution in [2.75, 3.05) is 0 Å². The number of aliphatic hydroxyl groups excluding tert-OH is 3. The van der Waals surface area contributed by atoms with Crippen molar-refractivity contribution in [3.63, 3.8) is 0 Å². The quantitative estimate of drug-likeness (QED) is 0.336. The molecule has 0 bridgehead atoms. The zero-order valence-electron chi connectivity index (χ0n) is 12.2. The van der Waals surface area contributed by atoms with Crippen LogP contribution in [0.15, 0.2) is 36.1 Å². The second-order valence-corrected chi connectivity index (χ2v) is 5.08. The van der Waals surface area contributed by atoms with Crippen LogP contribution in [0.4, 0.5) is 0 Å². The number of carboxylic acid groups (broad SMARTS) is 2. The minimum absolute atomic E-state index is 0.482. The SMILES string of the molecule is O=C(O)C(=Cc1ccccc1)OC1O[C@H](C(=O)O)[C@@H](O)[C@H](O)[C@H]1O. The van der Waals surface area contributed by atoms with Crippen LogP contribution in [0.25, 0.3) is 6.08 Å². The van der Waals surface area contributed by atoms with Gasteiger partial charge in [-0.05, 0) is 11.6 Å². The fraction of sp³-hybridized carbons (Fsp3) is 0.333. The van der Waals surface area contributed by atoms with Crippen molar-refractivity contribution < 1.29 is 44.6 Å². The summed E-state index contributed by atoms with van der Waals surface area (Å²) in [4.78, 5) is 22.3. The van der Waals surface area contributed by atoms with Crippen molar-refractivity contribution >= 4 is 18.0 Å². The first-order valence-corrected chi connectivity index (χ1v) is 6.90. The molecule has 9 nitrogen and oxygen atoms in total. The number of rotatable bonds is 5. The van der Waals surface area contributed by atoms with Crippen molar-refractivity contribution in [2.24, 2.45) is 0 Å². The highest BCUT2D eigenvalue weighted by molar-refractivity contribution is 5.89. The number of aliphatic carboxylic acids is 2. The molecule has 1 fully saturated rings. The molecule has 9 heteroatoms. The van der Waals surface area contributed by atoms with E-state index in [1.807, 2.05) is 0 Å². The highest BCUT2D eigenvalue weighted by Gasteiger charge is 2.48. The average Bonchev–Trinajstić information content (AvgIpc) is 2.55. The standard InChI is InChI=1S/C15H16O9/c16-9-10(17)12(14(21)22)24-15(11(9)18)23-8(13(19)20)6-7-4-2-1-3-5-7/h1-6,9-12,15-18H,(H,19,20)(H,21,22)/t9-,10-,11+,12-,15?/m0/s1. The average molecular weight is 340 g/mol. The monoisotopic (exact) mass is 340 g/mol. The molecule has 0 aromatic heterocycles. The summed E-state index contributed by atoms with van der Waals surface area (Å²) in [6, 6.07) is 8.25. The molecule has 0 amide bonds. The van der Waals surface area contributed by atoms with Crippen LogP contribution in [0, 0.1) is 0 Å². The van der Waals surface area contributed by atoms with Crippen LogP contribution >= 0.6 is 0 Å². The lowest BCUT2D eigenvalue weighted by Crippen LogP contribution is -2.60. The summed E-state index contributed by atoms with van der Waals surface area (Å²) < 4.78 is 9.90. The van der Waals surface area contributed by atoms with E-state index in [2.05, 4.69) is 0 Å². The molecular weight excluding hydrogens is 324 g/mol. The first kappa shape index (κ1) is 17.9. The van der Waals surface area contributed by atoms with Crippen molar-refractivity contribution in [1.29, 1.82) is 0 Å². The van der Waals surface area contributed by atoms with Crippen LogP contribution in [-0.4, -0.2) is 68.2 Å². The third-order valence-corrected chi connectivity index (χ3v) is 3.36. The summed E-state index contributed by atoms with van der Waals surface area (Å²) in [6.07, 6.45) is -8.11. The Morgan fingerprint density at radius 1 is 1.00 bits per heavy atom. The van der Waals surface area contributed by atoms with Gasteiger partial charge in [-0.3, -0.25) is 0 Å². The van der Waals surface area contributed by atoms with E-state index in [0.29, 0.717) is 5.56 Å². The Morgan fingerprint density at radius 3 is 2.17 bits per heavy atom. The first-order valence-electron chi connectivity index (χ1n) is 6.90. The molecule has 0 saturated carbocycles. The van der Waals surface area contributed by atoms with Gasteiger partial charge in [0.2, 0.25) is 12.0 Å². The maximum atomic E-state index is 11.3. The molecule has 5 atom stereocenters. The molecule has 24 heavy (non-hydrogen) atoms. The molecule has 5 N–H and O–H groups in total. The lowest BCUT2D eigenvalue weighted by atomic mass is 9.99. The third kappa shape index (κ3) is 3.89. The van der Waals surface area contributed by atoms with Gasteiger partial charge < -0.3 is 35.0 Å². The van der Waals surface area contributed by atoms with Gasteiger partial charge >= 0.3 is 11.9 Å². The largest absolute Gasteiger partial charge is 0.479 e. The van der Waals surface area contributed by atoms with Gasteiger partial charge in [0.25, 0.3) is 0 Å². The van der Waals surface area contributed by atoms with Crippen LogP contribution in [0.2, 0.25) is 0 Å². The zero-order chi connectivity index (χ0) is 17.9. The number of aliphatic hydroxyl groups is 3. The molecule has 130 valence electrons. The Kier molecular flexibility index (Phi) is 5.52. The summed E-state index contributed by atoms with van der Waals surface area (Å²) in [6.45, 7) is 0. The Morgan fingerprint density at radius 2 is 1.62 bits per heavy atom. The van der Waals surface area contributed by atoms with Crippen LogP contribution in [0.1, 0.15) is 5.56 Å². The van der Waals surface area contributed by atoms with Crippen LogP contribution in [0.3, 0.4) is 0 Å². The van der Waals surface area contributed by atoms with E-state index in [-0.39, 0.29) is 0 Å². The molecule has 1 aliphatic rings. The number of hydrogen-bond donors (Lipinski definition) is 5. The highest BCUT2D eigenvalue weighted by atomic mass is 16.7. The van der Waals surface area contributed by atoms with Gasteiger partial charge in [0, 0.05) is 0 Å². The fourth-order valence-electron chi connectivity index (χ4n) is 2.12. The number of carbonyl (C=O) groups is 2. The molecule has 0 spiro atoms. The van der Waals surface area contributed by atoms with Crippen LogP contribution in [-0.2, 0) is 19.1 Å². The lowest BCUT2D eigenvalue weighted by molar-refractivity contribution is -0.284. The topological polar surface area (TPSA) is 154 Å². The predicted octanol–water partition coefficient (Wildman–Crippen LogP) is -0.979. The molecule has 1 unspecified atom stereocenters. The molecule has 0 radical (unpaired) electrons. The molecule has 1 aliphatic heterocycles. The molecule has 1 saturated heterocycles. The van der Waals surface area contributed by atoms with E-state index in [1.165, 1.54) is 0 Å². The highest BCUT2D eigenvalue weighted by Crippen LogP contribution is 2.24. The molecule has 2 rings (SSSR count). The van der Waals surface area contributed by atoms with Gasteiger partial charge in [0.05, 0.1) is 0 Å². The van der Waals surface area contributed by atoms with Gasteiger partial charge in [-0.1, -0.05) is 30.3 Å². The van der Waals surface area contributed by atoms with Crippen molar-refractivity contribution in [3.8, 4) is 0 Å². The fourth-order valence-corrected chi connectivity index (χ4v) is 2.12. The number of carboxylic acids is 2. The maximum Gasteiger partial charge on any atom is 0.371 e. The Bertz CT molecular complexity index is 627. The van der Waals surface area contributed by atoms with Crippen LogP contribution < -0.4 is 0 Å². The summed E-state index contributed by atoms with van der Waals surface area (Å²) in [7, 11) is 0. The van der Waals surface area contributed by atoms with Gasteiger partial charge in [0.1, 0.15) is 18.3 Å². The molecular formula is C15H16O9. The third-order valence-electron chi connectivity index (χ3n) is 3.36. The Labute approximate surface area is 136 Å². The normalized spacial score (nSPS) is 30.6. The second-order valence-electron chi connectivity index (χ2n) is 5.08. The predicted molar refractivity (Wildman–Crippen MR) is 77.5 cm³/mol. The van der Waals surface area contributed by atoms with E-state index in [4.69, 9.17) is 14.6 Å². The number of benzene rings is 1. The molecule has 1 aromatic carbocycles. The Balaban J connectivity index is 2.23.